The van der Waals surface area contributed by atoms with E-state index in [1.165, 1.54) is 4.57 Å². The van der Waals surface area contributed by atoms with Gasteiger partial charge in [0.15, 0.2) is 5.58 Å². The Hall–Kier alpha value is -2.24. The average Bonchev–Trinajstić information content (AvgIpc) is 3.13. The predicted octanol–water partition coefficient (Wildman–Crippen LogP) is 1.04. The number of aromatic nitrogens is 1. The molecular formula is C13H14N2O4. The number of rotatable bonds is 3. The maximum absolute atomic E-state index is 11.4. The monoisotopic (exact) mass is 262 g/mol. The molecule has 1 N–H and O–H groups in total. The highest BCUT2D eigenvalue weighted by Crippen LogP contribution is 2.38. The zero-order valence-corrected chi connectivity index (χ0v) is 10.7. The van der Waals surface area contributed by atoms with Crippen LogP contribution in [0.2, 0.25) is 0 Å². The van der Waals surface area contributed by atoms with Crippen LogP contribution in [-0.4, -0.2) is 28.7 Å². The molecule has 0 saturated heterocycles. The fourth-order valence-electron chi connectivity index (χ4n) is 2.40. The molecule has 3 rings (SSSR count). The van der Waals surface area contributed by atoms with Gasteiger partial charge in [0.2, 0.25) is 0 Å². The van der Waals surface area contributed by atoms with Gasteiger partial charge >= 0.3 is 11.7 Å². The van der Waals surface area contributed by atoms with Crippen LogP contribution in [0.3, 0.4) is 0 Å². The van der Waals surface area contributed by atoms with E-state index in [0.29, 0.717) is 17.5 Å². The number of anilines is 1. The fourth-order valence-corrected chi connectivity index (χ4v) is 2.40. The fraction of sp³-hybridized carbons (Fsp3) is 0.385. The summed E-state index contributed by atoms with van der Waals surface area (Å²) in [5.41, 5.74) is 2.13. The van der Waals surface area contributed by atoms with Gasteiger partial charge < -0.3 is 14.4 Å². The zero-order chi connectivity index (χ0) is 13.7. The highest BCUT2D eigenvalue weighted by molar-refractivity contribution is 5.80. The summed E-state index contributed by atoms with van der Waals surface area (Å²) in [5.74, 6) is -1.45. The maximum Gasteiger partial charge on any atom is 0.419 e. The minimum atomic E-state index is -0.756. The van der Waals surface area contributed by atoms with Crippen molar-refractivity contribution in [3.8, 4) is 0 Å². The summed E-state index contributed by atoms with van der Waals surface area (Å²) < 4.78 is 6.50. The van der Waals surface area contributed by atoms with E-state index in [4.69, 9.17) is 9.52 Å². The molecule has 1 aromatic heterocycles. The Morgan fingerprint density at radius 2 is 2.26 bits per heavy atom. The van der Waals surface area contributed by atoms with Crippen LogP contribution in [-0.2, 0) is 11.8 Å². The van der Waals surface area contributed by atoms with Gasteiger partial charge in [-0.25, -0.2) is 4.79 Å². The molecule has 0 radical (unpaired) electrons. The second kappa shape index (κ2) is 3.88. The summed E-state index contributed by atoms with van der Waals surface area (Å²) in [6, 6.07) is 5.44. The van der Waals surface area contributed by atoms with Crippen LogP contribution < -0.4 is 10.7 Å². The van der Waals surface area contributed by atoms with Crippen molar-refractivity contribution in [2.75, 3.05) is 11.9 Å². The third-order valence-corrected chi connectivity index (χ3v) is 3.75. The van der Waals surface area contributed by atoms with Gasteiger partial charge in [0.25, 0.3) is 0 Å². The lowest BCUT2D eigenvalue weighted by Gasteiger charge is -2.19. The van der Waals surface area contributed by atoms with E-state index in [1.54, 1.807) is 13.1 Å². The third kappa shape index (κ3) is 1.80. The standard InChI is InChI=1S/C13H14N2O4/c1-14(9-6-8(9)12(16)17)7-3-4-11-10(5-7)15(2)13(18)19-11/h3-5,8-9H,6H2,1-2H3,(H,16,17). The lowest BCUT2D eigenvalue weighted by atomic mass is 10.2. The van der Waals surface area contributed by atoms with Crippen LogP contribution in [0, 0.1) is 5.92 Å². The summed E-state index contributed by atoms with van der Waals surface area (Å²) in [7, 11) is 3.52. The second-order valence-corrected chi connectivity index (χ2v) is 4.94. The number of aryl methyl sites for hydroxylation is 1. The Morgan fingerprint density at radius 3 is 2.89 bits per heavy atom. The molecule has 19 heavy (non-hydrogen) atoms. The van der Waals surface area contributed by atoms with E-state index in [0.717, 1.165) is 5.69 Å². The molecule has 1 aliphatic carbocycles. The quantitative estimate of drug-likeness (QED) is 0.894. The van der Waals surface area contributed by atoms with Crippen LogP contribution in [0.5, 0.6) is 0 Å². The number of fused-ring (bicyclic) bond motifs is 1. The largest absolute Gasteiger partial charge is 0.481 e. The predicted molar refractivity (Wildman–Crippen MR) is 69.4 cm³/mol. The van der Waals surface area contributed by atoms with Gasteiger partial charge in [-0.1, -0.05) is 0 Å². The Morgan fingerprint density at radius 1 is 1.53 bits per heavy atom. The van der Waals surface area contributed by atoms with Gasteiger partial charge in [-0.2, -0.15) is 0 Å². The van der Waals surface area contributed by atoms with Crippen molar-refractivity contribution in [2.45, 2.75) is 12.5 Å². The first-order valence-electron chi connectivity index (χ1n) is 6.04. The van der Waals surface area contributed by atoms with E-state index in [9.17, 15) is 9.59 Å². The molecule has 1 aliphatic rings. The molecule has 100 valence electrons. The molecule has 1 fully saturated rings. The Kier molecular flexibility index (Phi) is 2.41. The maximum atomic E-state index is 11.4. The summed E-state index contributed by atoms with van der Waals surface area (Å²) in [5, 5.41) is 8.95. The minimum Gasteiger partial charge on any atom is -0.481 e. The van der Waals surface area contributed by atoms with E-state index in [-0.39, 0.29) is 12.0 Å². The second-order valence-electron chi connectivity index (χ2n) is 4.94. The molecule has 0 amide bonds. The summed E-state index contributed by atoms with van der Waals surface area (Å²) in [6.45, 7) is 0. The van der Waals surface area contributed by atoms with Crippen LogP contribution in [0.15, 0.2) is 27.4 Å². The first-order chi connectivity index (χ1) is 8.99. The van der Waals surface area contributed by atoms with E-state index < -0.39 is 11.7 Å². The molecule has 2 atom stereocenters. The topological polar surface area (TPSA) is 75.7 Å². The molecule has 2 unspecified atom stereocenters. The van der Waals surface area contributed by atoms with Crippen LogP contribution in [0.25, 0.3) is 11.1 Å². The minimum absolute atomic E-state index is 0.0267. The molecule has 6 heteroatoms. The number of aliphatic carboxylic acids is 1. The highest BCUT2D eigenvalue weighted by Gasteiger charge is 2.46. The van der Waals surface area contributed by atoms with Gasteiger partial charge in [-0.15, -0.1) is 0 Å². The van der Waals surface area contributed by atoms with Crippen molar-refractivity contribution in [3.05, 3.63) is 28.7 Å². The first kappa shape index (κ1) is 11.8. The molecule has 1 saturated carbocycles. The molecule has 0 spiro atoms. The lowest BCUT2D eigenvalue weighted by Crippen LogP contribution is -2.23. The van der Waals surface area contributed by atoms with Crippen molar-refractivity contribution in [3.63, 3.8) is 0 Å². The summed E-state index contributed by atoms with van der Waals surface area (Å²) in [4.78, 5) is 24.2. The number of nitrogens with zero attached hydrogens (tertiary/aromatic N) is 2. The molecule has 1 aromatic carbocycles. The van der Waals surface area contributed by atoms with Gasteiger partial charge in [0, 0.05) is 25.8 Å². The normalized spacial score (nSPS) is 21.6. The molecule has 0 bridgehead atoms. The van der Waals surface area contributed by atoms with E-state index in [2.05, 4.69) is 0 Å². The summed E-state index contributed by atoms with van der Waals surface area (Å²) >= 11 is 0. The van der Waals surface area contributed by atoms with Crippen molar-refractivity contribution in [2.24, 2.45) is 13.0 Å². The zero-order valence-electron chi connectivity index (χ0n) is 10.7. The number of benzene rings is 1. The number of hydrogen-bond donors (Lipinski definition) is 1. The smallest absolute Gasteiger partial charge is 0.419 e. The molecular weight excluding hydrogens is 248 g/mol. The number of carbonyl (C=O) groups is 1. The Balaban J connectivity index is 1.95. The first-order valence-corrected chi connectivity index (χ1v) is 6.04. The highest BCUT2D eigenvalue weighted by atomic mass is 16.4. The number of hydrogen-bond acceptors (Lipinski definition) is 4. The lowest BCUT2D eigenvalue weighted by molar-refractivity contribution is -0.138. The van der Waals surface area contributed by atoms with E-state index in [1.807, 2.05) is 24.1 Å². The Bertz CT molecular complexity index is 715. The van der Waals surface area contributed by atoms with Crippen molar-refractivity contribution in [1.82, 2.24) is 4.57 Å². The van der Waals surface area contributed by atoms with Gasteiger partial charge in [0.1, 0.15) is 0 Å². The van der Waals surface area contributed by atoms with Crippen LogP contribution in [0.4, 0.5) is 5.69 Å². The number of carboxylic acids is 1. The third-order valence-electron chi connectivity index (χ3n) is 3.75. The van der Waals surface area contributed by atoms with Crippen molar-refractivity contribution < 1.29 is 14.3 Å². The van der Waals surface area contributed by atoms with Gasteiger partial charge in [-0.05, 0) is 24.6 Å². The molecule has 1 heterocycles. The van der Waals surface area contributed by atoms with Gasteiger partial charge in [-0.3, -0.25) is 9.36 Å². The van der Waals surface area contributed by atoms with Gasteiger partial charge in [0.05, 0.1) is 11.4 Å². The van der Waals surface area contributed by atoms with Crippen molar-refractivity contribution >= 4 is 22.8 Å². The average molecular weight is 262 g/mol. The summed E-state index contributed by atoms with van der Waals surface area (Å²) in [6.07, 6.45) is 0.661. The van der Waals surface area contributed by atoms with Crippen LogP contribution >= 0.6 is 0 Å². The molecule has 0 aliphatic heterocycles. The number of oxazole rings is 1. The van der Waals surface area contributed by atoms with E-state index >= 15 is 0 Å². The van der Waals surface area contributed by atoms with Crippen LogP contribution in [0.1, 0.15) is 6.42 Å². The molecule has 2 aromatic rings. The SMILES string of the molecule is CN(c1ccc2oc(=O)n(C)c2c1)C1CC1C(=O)O. The van der Waals surface area contributed by atoms with Crippen molar-refractivity contribution in [1.29, 1.82) is 0 Å². The molecule has 6 nitrogen and oxygen atoms in total. The Labute approximate surface area is 108 Å². The number of carboxylic acid groups (broad SMARTS) is 1.